The lowest BCUT2D eigenvalue weighted by atomic mass is 10.1. The minimum atomic E-state index is -1.08. The minimum Gasteiger partial charge on any atom is -0.486 e. The Morgan fingerprint density at radius 1 is 1.18 bits per heavy atom. The maximum Gasteiger partial charge on any atom is 0.319 e. The highest BCUT2D eigenvalue weighted by Gasteiger charge is 2.14. The third-order valence-electron chi connectivity index (χ3n) is 3.44. The average molecular weight is 415 g/mol. The first-order chi connectivity index (χ1) is 13.3. The highest BCUT2D eigenvalue weighted by Crippen LogP contribution is 2.35. The fraction of sp³-hybridized carbons (Fsp3) is 0.0526. The van der Waals surface area contributed by atoms with Crippen LogP contribution in [0.1, 0.15) is 16.7 Å². The molecule has 0 bridgehead atoms. The van der Waals surface area contributed by atoms with Crippen molar-refractivity contribution in [3.8, 4) is 17.9 Å². The molecule has 2 aromatic rings. The molecule has 140 valence electrons. The molecule has 9 heteroatoms. The van der Waals surface area contributed by atoms with Crippen LogP contribution in [0.2, 0.25) is 10.0 Å². The number of hydrogen-bond acceptors (Lipinski definition) is 5. The molecular weight excluding hydrogens is 403 g/mol. The van der Waals surface area contributed by atoms with Gasteiger partial charge >= 0.3 is 6.03 Å². The van der Waals surface area contributed by atoms with Gasteiger partial charge in [0.1, 0.15) is 18.2 Å². The van der Waals surface area contributed by atoms with Crippen LogP contribution in [0.5, 0.6) is 5.75 Å². The van der Waals surface area contributed by atoms with Crippen LogP contribution in [0.4, 0.5) is 4.79 Å². The molecule has 0 aliphatic heterocycles. The van der Waals surface area contributed by atoms with E-state index in [-0.39, 0.29) is 28.0 Å². The monoisotopic (exact) mass is 414 g/mol. The second-order valence-corrected chi connectivity index (χ2v) is 6.17. The Hall–Kier alpha value is -3.52. The van der Waals surface area contributed by atoms with Gasteiger partial charge in [-0.05, 0) is 29.8 Å². The number of nitrogens with zero attached hydrogens (tertiary/aromatic N) is 2. The van der Waals surface area contributed by atoms with Crippen molar-refractivity contribution in [1.29, 1.82) is 10.5 Å². The molecule has 0 unspecified atom stereocenters. The molecular formula is C19H12Cl2N4O3. The molecule has 0 heterocycles. The number of carbonyl (C=O) groups is 2. The van der Waals surface area contributed by atoms with E-state index in [2.05, 4.69) is 6.07 Å². The van der Waals surface area contributed by atoms with Gasteiger partial charge in [0.25, 0.3) is 5.91 Å². The number of nitrogens with one attached hydrogen (secondary N) is 1. The first-order valence-electron chi connectivity index (χ1n) is 7.68. The van der Waals surface area contributed by atoms with E-state index in [0.29, 0.717) is 16.7 Å². The zero-order valence-electron chi connectivity index (χ0n) is 14.2. The quantitative estimate of drug-likeness (QED) is 0.570. The molecule has 0 saturated carbocycles. The van der Waals surface area contributed by atoms with Crippen LogP contribution in [-0.4, -0.2) is 11.9 Å². The largest absolute Gasteiger partial charge is 0.486 e. The third kappa shape index (κ3) is 5.24. The summed E-state index contributed by atoms with van der Waals surface area (Å²) in [4.78, 5) is 22.5. The lowest BCUT2D eigenvalue weighted by Gasteiger charge is -2.12. The van der Waals surface area contributed by atoms with Gasteiger partial charge in [0, 0.05) is 5.56 Å². The van der Waals surface area contributed by atoms with E-state index in [9.17, 15) is 9.59 Å². The number of benzene rings is 2. The molecule has 0 aromatic heterocycles. The van der Waals surface area contributed by atoms with Gasteiger partial charge in [0.05, 0.1) is 21.7 Å². The van der Waals surface area contributed by atoms with Crippen molar-refractivity contribution in [2.45, 2.75) is 6.61 Å². The second-order valence-electron chi connectivity index (χ2n) is 5.36. The smallest absolute Gasteiger partial charge is 0.319 e. The van der Waals surface area contributed by atoms with Gasteiger partial charge in [0.15, 0.2) is 5.75 Å². The first-order valence-corrected chi connectivity index (χ1v) is 8.43. The van der Waals surface area contributed by atoms with E-state index in [0.717, 1.165) is 0 Å². The summed E-state index contributed by atoms with van der Waals surface area (Å²) in [5.74, 6) is -0.760. The summed E-state index contributed by atoms with van der Waals surface area (Å²) in [5.41, 5.74) is 5.98. The standard InChI is InChI=1S/C19H12Cl2N4O3/c20-15-6-11(5-14(9-23)18(26)25-19(24)27)7-16(21)17(15)28-10-13-4-2-1-3-12(13)8-22/h1-7H,10H2,(H3,24,25,26,27)/b14-5-. The predicted molar refractivity (Wildman–Crippen MR) is 103 cm³/mol. The van der Waals surface area contributed by atoms with Crippen molar-refractivity contribution in [2.75, 3.05) is 0 Å². The molecule has 3 N–H and O–H groups in total. The van der Waals surface area contributed by atoms with Crippen LogP contribution in [0.25, 0.3) is 6.08 Å². The van der Waals surface area contributed by atoms with Crippen molar-refractivity contribution in [3.05, 3.63) is 68.7 Å². The Morgan fingerprint density at radius 2 is 1.82 bits per heavy atom. The number of ether oxygens (including phenoxy) is 1. The van der Waals surface area contributed by atoms with E-state index in [1.165, 1.54) is 18.2 Å². The molecule has 2 aromatic carbocycles. The van der Waals surface area contributed by atoms with Crippen LogP contribution in [0, 0.1) is 22.7 Å². The molecule has 0 aliphatic carbocycles. The topological polar surface area (TPSA) is 129 Å². The van der Waals surface area contributed by atoms with E-state index in [1.807, 2.05) is 0 Å². The summed E-state index contributed by atoms with van der Waals surface area (Å²) in [6.07, 6.45) is 1.20. The Balaban J connectivity index is 2.26. The number of hydrogen-bond donors (Lipinski definition) is 2. The average Bonchev–Trinajstić information content (AvgIpc) is 2.65. The zero-order chi connectivity index (χ0) is 20.7. The highest BCUT2D eigenvalue weighted by molar-refractivity contribution is 6.37. The number of nitriles is 2. The van der Waals surface area contributed by atoms with Crippen molar-refractivity contribution < 1.29 is 14.3 Å². The van der Waals surface area contributed by atoms with Crippen LogP contribution in [0.3, 0.4) is 0 Å². The van der Waals surface area contributed by atoms with Crippen LogP contribution in [0.15, 0.2) is 42.0 Å². The molecule has 0 radical (unpaired) electrons. The summed E-state index contributed by atoms with van der Waals surface area (Å²) < 4.78 is 5.64. The third-order valence-corrected chi connectivity index (χ3v) is 4.00. The van der Waals surface area contributed by atoms with Crippen molar-refractivity contribution >= 4 is 41.2 Å². The summed E-state index contributed by atoms with van der Waals surface area (Å²) in [6.45, 7) is 0.0722. The molecule has 3 amide bonds. The lowest BCUT2D eigenvalue weighted by molar-refractivity contribution is -0.115. The molecule has 0 aliphatic rings. The number of rotatable bonds is 5. The fourth-order valence-electron chi connectivity index (χ4n) is 2.20. The van der Waals surface area contributed by atoms with Crippen molar-refractivity contribution in [1.82, 2.24) is 5.32 Å². The Kier molecular flexibility index (Phi) is 7.00. The molecule has 0 spiro atoms. The van der Waals surface area contributed by atoms with E-state index < -0.39 is 11.9 Å². The van der Waals surface area contributed by atoms with Gasteiger partial charge in [-0.1, -0.05) is 41.4 Å². The van der Waals surface area contributed by atoms with E-state index in [1.54, 1.807) is 35.7 Å². The number of amides is 3. The van der Waals surface area contributed by atoms with Crippen LogP contribution >= 0.6 is 23.2 Å². The van der Waals surface area contributed by atoms with E-state index in [4.69, 9.17) is 44.2 Å². The van der Waals surface area contributed by atoms with Gasteiger partial charge in [-0.15, -0.1) is 0 Å². The SMILES string of the molecule is N#C/C(=C/c1cc(Cl)c(OCc2ccccc2C#N)c(Cl)c1)C(=O)NC(N)=O. The highest BCUT2D eigenvalue weighted by atomic mass is 35.5. The maximum absolute atomic E-state index is 11.7. The Morgan fingerprint density at radius 3 is 2.39 bits per heavy atom. The fourth-order valence-corrected chi connectivity index (χ4v) is 2.81. The number of carbonyl (C=O) groups excluding carboxylic acids is 2. The molecule has 2 rings (SSSR count). The molecule has 0 saturated heterocycles. The van der Waals surface area contributed by atoms with Gasteiger partial charge in [-0.2, -0.15) is 10.5 Å². The van der Waals surface area contributed by atoms with Gasteiger partial charge in [0.2, 0.25) is 0 Å². The van der Waals surface area contributed by atoms with E-state index >= 15 is 0 Å². The number of nitrogens with two attached hydrogens (primary N) is 1. The van der Waals surface area contributed by atoms with Gasteiger partial charge < -0.3 is 10.5 Å². The number of halogens is 2. The first kappa shape index (κ1) is 20.8. The number of primary amides is 1. The number of urea groups is 1. The van der Waals surface area contributed by atoms with Crippen LogP contribution < -0.4 is 15.8 Å². The van der Waals surface area contributed by atoms with Crippen LogP contribution in [-0.2, 0) is 11.4 Å². The molecule has 0 atom stereocenters. The molecule has 7 nitrogen and oxygen atoms in total. The lowest BCUT2D eigenvalue weighted by Crippen LogP contribution is -2.35. The summed E-state index contributed by atoms with van der Waals surface area (Å²) in [7, 11) is 0. The van der Waals surface area contributed by atoms with Crippen molar-refractivity contribution in [2.24, 2.45) is 5.73 Å². The Bertz CT molecular complexity index is 1030. The maximum atomic E-state index is 11.7. The summed E-state index contributed by atoms with van der Waals surface area (Å²) >= 11 is 12.4. The minimum absolute atomic E-state index is 0.0722. The molecule has 0 fully saturated rings. The predicted octanol–water partition coefficient (Wildman–Crippen LogP) is 3.55. The normalized spacial score (nSPS) is 10.5. The Labute approximate surface area is 170 Å². The number of imide groups is 1. The van der Waals surface area contributed by atoms with Gasteiger partial charge in [-0.25, -0.2) is 4.79 Å². The summed E-state index contributed by atoms with van der Waals surface area (Å²) in [5, 5.41) is 20.3. The zero-order valence-corrected chi connectivity index (χ0v) is 15.7. The second kappa shape index (κ2) is 9.43. The van der Waals surface area contributed by atoms with Crippen molar-refractivity contribution in [3.63, 3.8) is 0 Å². The molecule has 28 heavy (non-hydrogen) atoms. The van der Waals surface area contributed by atoms with Gasteiger partial charge in [-0.3, -0.25) is 10.1 Å². The summed E-state index contributed by atoms with van der Waals surface area (Å²) in [6, 6.07) is 12.4.